The zero-order valence-electron chi connectivity index (χ0n) is 16.4. The summed E-state index contributed by atoms with van der Waals surface area (Å²) in [5.41, 5.74) is 4.25. The highest BCUT2D eigenvalue weighted by atomic mass is 35.5. The maximum absolute atomic E-state index is 13.2. The van der Waals surface area contributed by atoms with Gasteiger partial charge in [0.1, 0.15) is 5.71 Å². The molecule has 150 valence electrons. The molecule has 0 bridgehead atoms. The van der Waals surface area contributed by atoms with Crippen molar-refractivity contribution in [2.45, 2.75) is 13.0 Å². The summed E-state index contributed by atoms with van der Waals surface area (Å²) in [6.07, 6.45) is 3.87. The Hall–Kier alpha value is -2.88. The van der Waals surface area contributed by atoms with Crippen molar-refractivity contribution in [2.75, 3.05) is 11.4 Å². The lowest BCUT2D eigenvalue weighted by Gasteiger charge is -2.14. The van der Waals surface area contributed by atoms with E-state index in [2.05, 4.69) is 0 Å². The maximum atomic E-state index is 13.2. The molecular formula is C25H20Cl2N2O. The Morgan fingerprint density at radius 2 is 1.70 bits per heavy atom. The van der Waals surface area contributed by atoms with E-state index in [4.69, 9.17) is 28.2 Å². The molecule has 3 nitrogen and oxygen atoms in total. The van der Waals surface area contributed by atoms with Crippen molar-refractivity contribution in [1.82, 2.24) is 0 Å². The summed E-state index contributed by atoms with van der Waals surface area (Å²) in [5, 5.41) is 1.02. The number of hydrogen-bond acceptors (Lipinski definition) is 2. The second-order valence-corrected chi connectivity index (χ2v) is 7.89. The Labute approximate surface area is 186 Å². The van der Waals surface area contributed by atoms with Crippen LogP contribution in [0.4, 0.5) is 5.69 Å². The highest BCUT2D eigenvalue weighted by molar-refractivity contribution is 6.54. The predicted molar refractivity (Wildman–Crippen MR) is 126 cm³/mol. The van der Waals surface area contributed by atoms with Crippen LogP contribution < -0.4 is 4.90 Å². The van der Waals surface area contributed by atoms with Crippen LogP contribution in [0.3, 0.4) is 0 Å². The van der Waals surface area contributed by atoms with Crippen molar-refractivity contribution in [3.63, 3.8) is 0 Å². The van der Waals surface area contributed by atoms with Gasteiger partial charge in [0.15, 0.2) is 0 Å². The van der Waals surface area contributed by atoms with Crippen LogP contribution in [0.5, 0.6) is 0 Å². The summed E-state index contributed by atoms with van der Waals surface area (Å²) in [6.45, 7) is 2.44. The van der Waals surface area contributed by atoms with Crippen LogP contribution >= 0.6 is 23.2 Å². The number of anilines is 1. The molecule has 1 aliphatic rings. The lowest BCUT2D eigenvalue weighted by molar-refractivity contribution is -0.112. The molecule has 1 amide bonds. The standard InChI is InChI=1S/C25H20Cl2N2O/c1-17(19-9-3-2-4-10-19)28-24-20-11-5-6-12-23(20)29(25(24)30)15-7-8-18-13-14-21(26)22(27)16-18/h2-14,16-17H,15H2,1H3/b8-7+,28-24?/t17-/m1/s1. The lowest BCUT2D eigenvalue weighted by Crippen LogP contribution is -2.30. The van der Waals surface area contributed by atoms with Gasteiger partial charge in [-0.15, -0.1) is 0 Å². The number of carbonyl (C=O) groups excluding carboxylic acids is 1. The Morgan fingerprint density at radius 1 is 0.967 bits per heavy atom. The zero-order valence-corrected chi connectivity index (χ0v) is 17.9. The van der Waals surface area contributed by atoms with Gasteiger partial charge in [-0.05, 0) is 36.2 Å². The van der Waals surface area contributed by atoms with E-state index < -0.39 is 0 Å². The highest BCUT2D eigenvalue weighted by Gasteiger charge is 2.33. The first-order chi connectivity index (χ1) is 14.5. The summed E-state index contributed by atoms with van der Waals surface area (Å²) in [5.74, 6) is -0.0854. The van der Waals surface area contributed by atoms with E-state index in [0.29, 0.717) is 22.3 Å². The van der Waals surface area contributed by atoms with E-state index >= 15 is 0 Å². The number of benzene rings is 3. The van der Waals surface area contributed by atoms with Crippen LogP contribution in [0.25, 0.3) is 6.08 Å². The topological polar surface area (TPSA) is 32.7 Å². The van der Waals surface area contributed by atoms with Crippen LogP contribution in [0.1, 0.15) is 29.7 Å². The second-order valence-electron chi connectivity index (χ2n) is 7.07. The normalized spacial score (nSPS) is 15.8. The number of rotatable bonds is 5. The Balaban J connectivity index is 1.59. The van der Waals surface area contributed by atoms with Crippen molar-refractivity contribution < 1.29 is 4.79 Å². The number of halogens is 2. The molecule has 3 aromatic rings. The Morgan fingerprint density at radius 3 is 2.47 bits per heavy atom. The van der Waals surface area contributed by atoms with E-state index in [-0.39, 0.29) is 11.9 Å². The smallest absolute Gasteiger partial charge is 0.277 e. The molecule has 0 aliphatic carbocycles. The lowest BCUT2D eigenvalue weighted by atomic mass is 10.1. The molecule has 0 unspecified atom stereocenters. The average molecular weight is 435 g/mol. The number of para-hydroxylation sites is 1. The molecule has 0 saturated carbocycles. The van der Waals surface area contributed by atoms with Crippen molar-refractivity contribution >= 4 is 46.6 Å². The van der Waals surface area contributed by atoms with Crippen LogP contribution in [0.2, 0.25) is 10.0 Å². The quantitative estimate of drug-likeness (QED) is 0.444. The van der Waals surface area contributed by atoms with Gasteiger partial charge in [0.25, 0.3) is 5.91 Å². The number of aliphatic imine (C=N–C) groups is 1. The Kier molecular flexibility index (Phi) is 6.03. The molecule has 3 aromatic carbocycles. The van der Waals surface area contributed by atoms with Crippen molar-refractivity contribution in [1.29, 1.82) is 0 Å². The zero-order chi connectivity index (χ0) is 21.1. The third kappa shape index (κ3) is 4.18. The molecule has 1 heterocycles. The molecule has 4 rings (SSSR count). The molecule has 0 saturated heterocycles. The van der Waals surface area contributed by atoms with Crippen LogP contribution in [-0.4, -0.2) is 18.2 Å². The van der Waals surface area contributed by atoms with Gasteiger partial charge in [-0.3, -0.25) is 9.79 Å². The fourth-order valence-corrected chi connectivity index (χ4v) is 3.78. The summed E-state index contributed by atoms with van der Waals surface area (Å²) in [4.78, 5) is 19.7. The predicted octanol–water partition coefficient (Wildman–Crippen LogP) is 6.60. The molecule has 0 fully saturated rings. The van der Waals surface area contributed by atoms with Crippen LogP contribution in [0.15, 0.2) is 83.9 Å². The van der Waals surface area contributed by atoms with Crippen molar-refractivity contribution in [3.8, 4) is 0 Å². The molecule has 5 heteroatoms. The Bertz CT molecular complexity index is 1140. The first-order valence-corrected chi connectivity index (χ1v) is 10.5. The fraction of sp³-hybridized carbons (Fsp3) is 0.120. The monoisotopic (exact) mass is 434 g/mol. The highest BCUT2D eigenvalue weighted by Crippen LogP contribution is 2.31. The molecule has 1 atom stereocenters. The van der Waals surface area contributed by atoms with Crippen molar-refractivity contribution in [2.24, 2.45) is 4.99 Å². The number of amides is 1. The second kappa shape index (κ2) is 8.86. The van der Waals surface area contributed by atoms with Crippen LogP contribution in [-0.2, 0) is 4.79 Å². The molecule has 0 spiro atoms. The van der Waals surface area contributed by atoms with Gasteiger partial charge in [-0.2, -0.15) is 0 Å². The molecule has 1 aliphatic heterocycles. The van der Waals surface area contributed by atoms with E-state index in [1.165, 1.54) is 0 Å². The van der Waals surface area contributed by atoms with Gasteiger partial charge in [0, 0.05) is 12.1 Å². The van der Waals surface area contributed by atoms with Gasteiger partial charge in [0.2, 0.25) is 0 Å². The molecule has 0 aromatic heterocycles. The summed E-state index contributed by atoms with van der Waals surface area (Å²) in [6, 6.07) is 23.1. The molecule has 0 N–H and O–H groups in total. The van der Waals surface area contributed by atoms with E-state index in [9.17, 15) is 4.79 Å². The number of hydrogen-bond donors (Lipinski definition) is 0. The minimum atomic E-state index is -0.107. The van der Waals surface area contributed by atoms with Gasteiger partial charge in [-0.25, -0.2) is 0 Å². The van der Waals surface area contributed by atoms with Gasteiger partial charge in [-0.1, -0.05) is 90.0 Å². The third-order valence-electron chi connectivity index (χ3n) is 5.04. The minimum Gasteiger partial charge on any atom is -0.303 e. The van der Waals surface area contributed by atoms with Gasteiger partial charge in [0.05, 0.1) is 21.8 Å². The number of nitrogens with zero attached hydrogens (tertiary/aromatic N) is 2. The largest absolute Gasteiger partial charge is 0.303 e. The molecule has 30 heavy (non-hydrogen) atoms. The summed E-state index contributed by atoms with van der Waals surface area (Å²) >= 11 is 12.1. The first kappa shape index (κ1) is 20.4. The third-order valence-corrected chi connectivity index (χ3v) is 5.78. The van der Waals surface area contributed by atoms with E-state index in [0.717, 1.165) is 22.4 Å². The maximum Gasteiger partial charge on any atom is 0.277 e. The summed E-state index contributed by atoms with van der Waals surface area (Å²) in [7, 11) is 0. The van der Waals surface area contributed by atoms with Gasteiger partial charge >= 0.3 is 0 Å². The number of carbonyl (C=O) groups is 1. The number of fused-ring (bicyclic) bond motifs is 1. The molecular weight excluding hydrogens is 415 g/mol. The van der Waals surface area contributed by atoms with E-state index in [1.807, 2.05) is 79.7 Å². The van der Waals surface area contributed by atoms with Crippen molar-refractivity contribution in [3.05, 3.63) is 106 Å². The summed E-state index contributed by atoms with van der Waals surface area (Å²) < 4.78 is 0. The van der Waals surface area contributed by atoms with Crippen LogP contribution in [0, 0.1) is 0 Å². The average Bonchev–Trinajstić information content (AvgIpc) is 3.03. The van der Waals surface area contributed by atoms with E-state index in [1.54, 1.807) is 17.0 Å². The molecule has 0 radical (unpaired) electrons. The first-order valence-electron chi connectivity index (χ1n) is 9.70. The SMILES string of the molecule is C[C@@H](N=C1C(=O)N(C/C=C/c2ccc(Cl)c(Cl)c2)c2ccccc21)c1ccccc1. The minimum absolute atomic E-state index is 0.0854. The fourth-order valence-electron chi connectivity index (χ4n) is 3.48. The van der Waals surface area contributed by atoms with Gasteiger partial charge < -0.3 is 4.90 Å².